The van der Waals surface area contributed by atoms with Gasteiger partial charge in [0.15, 0.2) is 0 Å². The highest BCUT2D eigenvalue weighted by atomic mass is 31.2. The lowest BCUT2D eigenvalue weighted by atomic mass is 10.1. The van der Waals surface area contributed by atoms with Crippen molar-refractivity contribution in [1.82, 2.24) is 5.43 Å². The number of hydrogen-bond acceptors (Lipinski definition) is 8. The maximum atomic E-state index is 12.3. The Labute approximate surface area is 161 Å². The summed E-state index contributed by atoms with van der Waals surface area (Å²) >= 11 is 0. The van der Waals surface area contributed by atoms with Gasteiger partial charge in [-0.15, -0.1) is 0 Å². The molecule has 11 heteroatoms. The SMILES string of the molecule is CCOP(=O)(CC(=O)N/N=C\c1ccc(-c2ccccc2[N+](=O)[O-])o1)OCC. The van der Waals surface area contributed by atoms with E-state index >= 15 is 0 Å². The molecule has 1 N–H and O–H groups in total. The third kappa shape index (κ3) is 5.85. The van der Waals surface area contributed by atoms with E-state index in [1.807, 2.05) is 0 Å². The number of benzene rings is 1. The second-order valence-corrected chi connectivity index (χ2v) is 7.43. The molecule has 0 aliphatic heterocycles. The molecule has 10 nitrogen and oxygen atoms in total. The number of nitrogens with one attached hydrogen (secondary N) is 1. The predicted octanol–water partition coefficient (Wildman–Crippen LogP) is 3.57. The molecule has 150 valence electrons. The number of nitro groups is 1. The highest BCUT2D eigenvalue weighted by molar-refractivity contribution is 7.54. The summed E-state index contributed by atoms with van der Waals surface area (Å²) in [6, 6.07) is 9.27. The lowest BCUT2D eigenvalue weighted by Gasteiger charge is -2.15. The molecule has 0 atom stereocenters. The van der Waals surface area contributed by atoms with Gasteiger partial charge in [-0.3, -0.25) is 19.5 Å². The third-order valence-corrected chi connectivity index (χ3v) is 5.34. The van der Waals surface area contributed by atoms with Gasteiger partial charge in [0.25, 0.3) is 11.6 Å². The van der Waals surface area contributed by atoms with Crippen molar-refractivity contribution in [3.05, 3.63) is 52.3 Å². The van der Waals surface area contributed by atoms with E-state index in [2.05, 4.69) is 10.5 Å². The molecule has 0 radical (unpaired) electrons. The molecule has 2 aromatic rings. The summed E-state index contributed by atoms with van der Waals surface area (Å²) in [5.41, 5.74) is 2.45. The Hall–Kier alpha value is -2.81. The average Bonchev–Trinajstić information content (AvgIpc) is 3.10. The number of hydrazone groups is 1. The Morgan fingerprint density at radius 2 is 1.93 bits per heavy atom. The predicted molar refractivity (Wildman–Crippen MR) is 102 cm³/mol. The number of carbonyl (C=O) groups is 1. The molecule has 1 heterocycles. The van der Waals surface area contributed by atoms with Crippen molar-refractivity contribution in [2.24, 2.45) is 5.10 Å². The molecule has 0 saturated carbocycles. The molecule has 28 heavy (non-hydrogen) atoms. The van der Waals surface area contributed by atoms with Gasteiger partial charge in [-0.25, -0.2) is 5.43 Å². The van der Waals surface area contributed by atoms with Gasteiger partial charge in [0.1, 0.15) is 17.7 Å². The lowest BCUT2D eigenvalue weighted by molar-refractivity contribution is -0.384. The van der Waals surface area contributed by atoms with Crippen LogP contribution in [0, 0.1) is 10.1 Å². The fourth-order valence-corrected chi connectivity index (χ4v) is 3.78. The molecule has 0 saturated heterocycles. The molecule has 0 aliphatic carbocycles. The van der Waals surface area contributed by atoms with Crippen LogP contribution in [-0.2, 0) is 18.4 Å². The topological polar surface area (TPSA) is 133 Å². The van der Waals surface area contributed by atoms with E-state index in [0.717, 1.165) is 0 Å². The van der Waals surface area contributed by atoms with Crippen molar-refractivity contribution < 1.29 is 27.7 Å². The van der Waals surface area contributed by atoms with E-state index in [1.54, 1.807) is 44.2 Å². The van der Waals surface area contributed by atoms with E-state index in [0.29, 0.717) is 5.56 Å². The van der Waals surface area contributed by atoms with Crippen molar-refractivity contribution >= 4 is 25.4 Å². The highest BCUT2D eigenvalue weighted by Crippen LogP contribution is 2.47. The van der Waals surface area contributed by atoms with Crippen molar-refractivity contribution in [1.29, 1.82) is 0 Å². The summed E-state index contributed by atoms with van der Waals surface area (Å²) < 4.78 is 27.9. The number of rotatable bonds is 10. The van der Waals surface area contributed by atoms with Crippen LogP contribution >= 0.6 is 7.60 Å². The van der Waals surface area contributed by atoms with Crippen molar-refractivity contribution in [3.8, 4) is 11.3 Å². The zero-order valence-electron chi connectivity index (χ0n) is 15.4. The molecule has 1 aromatic carbocycles. The van der Waals surface area contributed by atoms with Crippen molar-refractivity contribution in [2.45, 2.75) is 13.8 Å². The summed E-state index contributed by atoms with van der Waals surface area (Å²) in [6.07, 6.45) is 0.758. The van der Waals surface area contributed by atoms with Gasteiger partial charge in [0.2, 0.25) is 0 Å². The van der Waals surface area contributed by atoms with Gasteiger partial charge >= 0.3 is 7.60 Å². The third-order valence-electron chi connectivity index (χ3n) is 3.36. The second kappa shape index (κ2) is 9.93. The largest absolute Gasteiger partial charge is 0.455 e. The molecule has 0 bridgehead atoms. The van der Waals surface area contributed by atoms with Crippen LogP contribution < -0.4 is 5.43 Å². The van der Waals surface area contributed by atoms with Gasteiger partial charge in [0, 0.05) is 6.07 Å². The molecule has 2 rings (SSSR count). The number of nitro benzene ring substituents is 1. The fourth-order valence-electron chi connectivity index (χ4n) is 2.31. The van der Waals surface area contributed by atoms with Gasteiger partial charge in [0.05, 0.1) is 29.9 Å². The maximum absolute atomic E-state index is 12.3. The first-order valence-electron chi connectivity index (χ1n) is 8.42. The first kappa shape index (κ1) is 21.5. The number of para-hydroxylation sites is 1. The van der Waals surface area contributed by atoms with Crippen LogP contribution in [0.5, 0.6) is 0 Å². The van der Waals surface area contributed by atoms with Crippen LogP contribution in [0.25, 0.3) is 11.3 Å². The first-order chi connectivity index (χ1) is 13.4. The summed E-state index contributed by atoms with van der Waals surface area (Å²) in [5, 5.41) is 14.8. The molecular weight excluding hydrogens is 389 g/mol. The molecule has 0 aliphatic rings. The molecule has 1 amide bonds. The number of amides is 1. The molecular formula is C17H20N3O7P. The first-order valence-corrected chi connectivity index (χ1v) is 10.1. The quantitative estimate of drug-likeness (QED) is 0.274. The minimum Gasteiger partial charge on any atom is -0.455 e. The van der Waals surface area contributed by atoms with E-state index in [1.165, 1.54) is 12.3 Å². The van der Waals surface area contributed by atoms with Crippen LogP contribution in [0.15, 0.2) is 45.9 Å². The van der Waals surface area contributed by atoms with Crippen LogP contribution in [0.3, 0.4) is 0 Å². The van der Waals surface area contributed by atoms with E-state index in [9.17, 15) is 19.5 Å². The molecule has 0 spiro atoms. The van der Waals surface area contributed by atoms with Crippen molar-refractivity contribution in [3.63, 3.8) is 0 Å². The Bertz CT molecular complexity index is 900. The number of nitrogens with zero attached hydrogens (tertiary/aromatic N) is 2. The Morgan fingerprint density at radius 3 is 2.57 bits per heavy atom. The summed E-state index contributed by atoms with van der Waals surface area (Å²) in [6.45, 7) is 3.59. The second-order valence-electron chi connectivity index (χ2n) is 5.37. The van der Waals surface area contributed by atoms with E-state index in [-0.39, 0.29) is 30.4 Å². The van der Waals surface area contributed by atoms with E-state index < -0.39 is 24.6 Å². The van der Waals surface area contributed by atoms with Crippen molar-refractivity contribution in [2.75, 3.05) is 19.4 Å². The van der Waals surface area contributed by atoms with Crippen LogP contribution in [0.1, 0.15) is 19.6 Å². The van der Waals surface area contributed by atoms with Gasteiger partial charge in [-0.2, -0.15) is 5.10 Å². The standard InChI is InChI=1S/C17H20N3O7P/c1-3-25-28(24,26-4-2)12-17(21)19-18-11-13-9-10-16(27-13)14-7-5-6-8-15(14)20(22)23/h5-11H,3-4,12H2,1-2H3,(H,19,21)/b18-11-. The smallest absolute Gasteiger partial charge is 0.340 e. The van der Waals surface area contributed by atoms with Crippen LogP contribution in [0.4, 0.5) is 5.69 Å². The summed E-state index contributed by atoms with van der Waals surface area (Å²) in [7, 11) is -3.51. The van der Waals surface area contributed by atoms with Gasteiger partial charge < -0.3 is 13.5 Å². The minimum atomic E-state index is -3.51. The Balaban J connectivity index is 2.02. The number of furan rings is 1. The lowest BCUT2D eigenvalue weighted by Crippen LogP contribution is -2.22. The summed E-state index contributed by atoms with van der Waals surface area (Å²) in [4.78, 5) is 22.5. The number of carbonyl (C=O) groups excluding carboxylic acids is 1. The zero-order chi connectivity index (χ0) is 20.6. The summed E-state index contributed by atoms with van der Waals surface area (Å²) in [5.74, 6) is -0.0875. The van der Waals surface area contributed by atoms with Gasteiger partial charge in [-0.1, -0.05) is 12.1 Å². The normalized spacial score (nSPS) is 11.6. The maximum Gasteiger partial charge on any atom is 0.340 e. The zero-order valence-corrected chi connectivity index (χ0v) is 16.3. The average molecular weight is 409 g/mol. The van der Waals surface area contributed by atoms with Crippen LogP contribution in [-0.4, -0.2) is 36.4 Å². The minimum absolute atomic E-state index is 0.0868. The van der Waals surface area contributed by atoms with Gasteiger partial charge in [-0.05, 0) is 32.0 Å². The fraction of sp³-hybridized carbons (Fsp3) is 0.294. The van der Waals surface area contributed by atoms with Crippen LogP contribution in [0.2, 0.25) is 0 Å². The Morgan fingerprint density at radius 1 is 1.25 bits per heavy atom. The monoisotopic (exact) mass is 409 g/mol. The molecule has 0 fully saturated rings. The highest BCUT2D eigenvalue weighted by Gasteiger charge is 2.27. The Kier molecular flexibility index (Phi) is 7.62. The number of hydrogen-bond donors (Lipinski definition) is 1. The molecule has 0 unspecified atom stereocenters. The molecule has 1 aromatic heterocycles. The van der Waals surface area contributed by atoms with E-state index in [4.69, 9.17) is 13.5 Å².